The molecule has 0 aliphatic rings. The Morgan fingerprint density at radius 3 is 2.72 bits per heavy atom. The van der Waals surface area contributed by atoms with Crippen LogP contribution in [0.2, 0.25) is 0 Å². The van der Waals surface area contributed by atoms with Crippen molar-refractivity contribution in [3.05, 3.63) is 41.6 Å². The number of rotatable bonds is 15. The number of ether oxygens (including phenoxy) is 3. The average Bonchev–Trinajstić information content (AvgIpc) is 3.26. The van der Waals surface area contributed by atoms with E-state index in [9.17, 15) is 4.79 Å². The lowest BCUT2D eigenvalue weighted by molar-refractivity contribution is 0.0298. The van der Waals surface area contributed by atoms with E-state index < -0.39 is 5.97 Å². The number of methoxy groups -OCH3 is 1. The van der Waals surface area contributed by atoms with Crippen molar-refractivity contribution in [2.24, 2.45) is 0 Å². The lowest BCUT2D eigenvalue weighted by Gasteiger charge is -2.14. The molecule has 10 nitrogen and oxygen atoms in total. The second kappa shape index (κ2) is 13.6. The van der Waals surface area contributed by atoms with E-state index in [0.717, 1.165) is 48.9 Å². The number of aromatic nitrogens is 3. The SMILES string of the molecule is CCCCCNc1nc(N)nc2ccn(Cc3ccc(C(=O)OCCOCCN(C)C)cc3OC)c12. The summed E-state index contributed by atoms with van der Waals surface area (Å²) in [7, 11) is 5.55. The molecule has 0 saturated heterocycles. The molecule has 0 aliphatic carbocycles. The number of fused-ring (bicyclic) bond motifs is 1. The van der Waals surface area contributed by atoms with E-state index in [2.05, 4.69) is 26.8 Å². The Balaban J connectivity index is 1.69. The lowest BCUT2D eigenvalue weighted by atomic mass is 10.1. The number of benzene rings is 1. The van der Waals surface area contributed by atoms with Crippen molar-refractivity contribution >= 4 is 28.8 Å². The van der Waals surface area contributed by atoms with E-state index in [1.54, 1.807) is 19.2 Å². The zero-order valence-corrected chi connectivity index (χ0v) is 21.7. The zero-order chi connectivity index (χ0) is 25.9. The summed E-state index contributed by atoms with van der Waals surface area (Å²) < 4.78 is 18.5. The second-order valence-electron chi connectivity index (χ2n) is 8.82. The third-order valence-corrected chi connectivity index (χ3v) is 5.71. The highest BCUT2D eigenvalue weighted by Crippen LogP contribution is 2.27. The van der Waals surface area contributed by atoms with E-state index in [1.165, 1.54) is 0 Å². The van der Waals surface area contributed by atoms with Gasteiger partial charge < -0.3 is 34.7 Å². The summed E-state index contributed by atoms with van der Waals surface area (Å²) in [5, 5.41) is 3.41. The number of nitrogen functional groups attached to an aromatic ring is 1. The van der Waals surface area contributed by atoms with Gasteiger partial charge >= 0.3 is 5.97 Å². The zero-order valence-electron chi connectivity index (χ0n) is 21.7. The summed E-state index contributed by atoms with van der Waals surface area (Å²) in [4.78, 5) is 23.3. The highest BCUT2D eigenvalue weighted by atomic mass is 16.6. The highest BCUT2D eigenvalue weighted by Gasteiger charge is 2.15. The topological polar surface area (TPSA) is 117 Å². The van der Waals surface area contributed by atoms with Crippen LogP contribution < -0.4 is 15.8 Å². The van der Waals surface area contributed by atoms with Crippen molar-refractivity contribution < 1.29 is 19.0 Å². The van der Waals surface area contributed by atoms with Gasteiger partial charge in [-0.2, -0.15) is 4.98 Å². The maximum Gasteiger partial charge on any atom is 0.338 e. The van der Waals surface area contributed by atoms with Crippen LogP contribution in [0.25, 0.3) is 11.0 Å². The largest absolute Gasteiger partial charge is 0.496 e. The van der Waals surface area contributed by atoms with Crippen LogP contribution in [0.15, 0.2) is 30.5 Å². The van der Waals surface area contributed by atoms with Gasteiger partial charge in [-0.1, -0.05) is 25.8 Å². The fourth-order valence-electron chi connectivity index (χ4n) is 3.77. The number of nitrogens with two attached hydrogens (primary N) is 1. The molecule has 36 heavy (non-hydrogen) atoms. The molecule has 0 bridgehead atoms. The number of carbonyl (C=O) groups excluding carboxylic acids is 1. The quantitative estimate of drug-likeness (QED) is 0.240. The lowest BCUT2D eigenvalue weighted by Crippen LogP contribution is -2.19. The molecule has 0 saturated carbocycles. The molecule has 10 heteroatoms. The normalized spacial score (nSPS) is 11.2. The number of esters is 1. The number of nitrogens with zero attached hydrogens (tertiary/aromatic N) is 4. The Bertz CT molecular complexity index is 1130. The highest BCUT2D eigenvalue weighted by molar-refractivity contribution is 5.90. The predicted molar refractivity (Wildman–Crippen MR) is 142 cm³/mol. The molecule has 0 aliphatic heterocycles. The van der Waals surface area contributed by atoms with E-state index in [4.69, 9.17) is 19.9 Å². The molecule has 0 fully saturated rings. The Labute approximate surface area is 212 Å². The van der Waals surface area contributed by atoms with Crippen LogP contribution in [0.5, 0.6) is 5.75 Å². The third-order valence-electron chi connectivity index (χ3n) is 5.71. The molecular weight excluding hydrogens is 460 g/mol. The Morgan fingerprint density at radius 1 is 1.14 bits per heavy atom. The molecule has 2 aromatic heterocycles. The first kappa shape index (κ1) is 27.2. The standard InChI is InChI=1S/C26H38N6O4/c1-5-6-7-11-28-24-23-21(29-26(27)30-24)10-12-32(23)18-20-9-8-19(17-22(20)34-4)25(33)36-16-15-35-14-13-31(2)3/h8-10,12,17H,5-7,11,13-16,18H2,1-4H3,(H3,27,28,29,30). The number of hydrogen-bond acceptors (Lipinski definition) is 9. The number of hydrogen-bond donors (Lipinski definition) is 2. The van der Waals surface area contributed by atoms with Gasteiger partial charge in [0.2, 0.25) is 5.95 Å². The van der Waals surface area contributed by atoms with E-state index in [1.807, 2.05) is 37.3 Å². The van der Waals surface area contributed by atoms with Crippen LogP contribution in [0, 0.1) is 0 Å². The minimum Gasteiger partial charge on any atom is -0.496 e. The van der Waals surface area contributed by atoms with Gasteiger partial charge in [-0.25, -0.2) is 9.78 Å². The molecule has 3 N–H and O–H groups in total. The number of likely N-dealkylation sites (N-methyl/N-ethyl adjacent to an activating group) is 1. The van der Waals surface area contributed by atoms with Gasteiger partial charge in [-0.15, -0.1) is 0 Å². The average molecular weight is 499 g/mol. The van der Waals surface area contributed by atoms with Crippen molar-refractivity contribution in [3.63, 3.8) is 0 Å². The molecule has 0 atom stereocenters. The molecule has 3 aromatic rings. The van der Waals surface area contributed by atoms with Crippen molar-refractivity contribution in [1.82, 2.24) is 19.4 Å². The third kappa shape index (κ3) is 7.56. The number of nitrogens with one attached hydrogen (secondary N) is 1. The summed E-state index contributed by atoms with van der Waals surface area (Å²) in [5.41, 5.74) is 8.92. The fraction of sp³-hybridized carbons (Fsp3) is 0.500. The summed E-state index contributed by atoms with van der Waals surface area (Å²) in [6, 6.07) is 7.25. The van der Waals surface area contributed by atoms with Crippen molar-refractivity contribution in [2.75, 3.05) is 65.2 Å². The van der Waals surface area contributed by atoms with Gasteiger partial charge in [-0.3, -0.25) is 0 Å². The maximum atomic E-state index is 12.5. The number of anilines is 2. The molecule has 0 spiro atoms. The smallest absolute Gasteiger partial charge is 0.338 e. The van der Waals surface area contributed by atoms with Gasteiger partial charge in [0.15, 0.2) is 5.82 Å². The molecule has 3 rings (SSSR count). The maximum absolute atomic E-state index is 12.5. The first-order valence-electron chi connectivity index (χ1n) is 12.4. The van der Waals surface area contributed by atoms with Crippen LogP contribution in [-0.2, 0) is 16.0 Å². The van der Waals surface area contributed by atoms with E-state index >= 15 is 0 Å². The van der Waals surface area contributed by atoms with Gasteiger partial charge in [0.25, 0.3) is 0 Å². The molecule has 2 heterocycles. The van der Waals surface area contributed by atoms with E-state index in [0.29, 0.717) is 36.9 Å². The van der Waals surface area contributed by atoms with Crippen LogP contribution in [0.4, 0.5) is 11.8 Å². The summed E-state index contributed by atoms with van der Waals surface area (Å²) in [6.45, 7) is 5.46. The summed E-state index contributed by atoms with van der Waals surface area (Å²) in [5.74, 6) is 1.14. The fourth-order valence-corrected chi connectivity index (χ4v) is 3.77. The summed E-state index contributed by atoms with van der Waals surface area (Å²) in [6.07, 6.45) is 5.30. The van der Waals surface area contributed by atoms with Crippen LogP contribution in [0.1, 0.15) is 42.1 Å². The first-order chi connectivity index (χ1) is 17.4. The van der Waals surface area contributed by atoms with Crippen LogP contribution in [0.3, 0.4) is 0 Å². The van der Waals surface area contributed by atoms with Gasteiger partial charge in [-0.05, 0) is 38.7 Å². The van der Waals surface area contributed by atoms with Crippen LogP contribution >= 0.6 is 0 Å². The minimum atomic E-state index is -0.412. The second-order valence-corrected chi connectivity index (χ2v) is 8.82. The Kier molecular flexibility index (Phi) is 10.3. The van der Waals surface area contributed by atoms with E-state index in [-0.39, 0.29) is 12.6 Å². The Hall–Kier alpha value is -3.37. The molecule has 0 radical (unpaired) electrons. The molecule has 196 valence electrons. The first-order valence-corrected chi connectivity index (χ1v) is 12.4. The Morgan fingerprint density at radius 2 is 1.97 bits per heavy atom. The van der Waals surface area contributed by atoms with Gasteiger partial charge in [0.05, 0.1) is 37.9 Å². The molecule has 1 aromatic carbocycles. The molecule has 0 amide bonds. The predicted octanol–water partition coefficient (Wildman–Crippen LogP) is 3.41. The monoisotopic (exact) mass is 498 g/mol. The van der Waals surface area contributed by atoms with Crippen LogP contribution in [-0.4, -0.2) is 79.5 Å². The van der Waals surface area contributed by atoms with Crippen molar-refractivity contribution in [3.8, 4) is 5.75 Å². The van der Waals surface area contributed by atoms with Crippen molar-refractivity contribution in [2.45, 2.75) is 32.7 Å². The number of unbranched alkanes of at least 4 members (excludes halogenated alkanes) is 2. The number of carbonyl (C=O) groups is 1. The minimum absolute atomic E-state index is 0.197. The molecular formula is C26H38N6O4. The van der Waals surface area contributed by atoms with Crippen molar-refractivity contribution in [1.29, 1.82) is 0 Å². The van der Waals surface area contributed by atoms with Gasteiger partial charge in [0, 0.05) is 24.8 Å². The summed E-state index contributed by atoms with van der Waals surface area (Å²) >= 11 is 0. The molecule has 0 unspecified atom stereocenters. The van der Waals surface area contributed by atoms with Gasteiger partial charge in [0.1, 0.15) is 17.9 Å².